The van der Waals surface area contributed by atoms with Crippen molar-refractivity contribution in [1.82, 2.24) is 5.32 Å². The Kier molecular flexibility index (Phi) is 6.36. The van der Waals surface area contributed by atoms with Gasteiger partial charge >= 0.3 is 0 Å². The van der Waals surface area contributed by atoms with Gasteiger partial charge in [-0.05, 0) is 63.8 Å². The Bertz CT molecular complexity index is 351. The van der Waals surface area contributed by atoms with E-state index in [-0.39, 0.29) is 5.54 Å². The standard InChI is InChI=1S/C17H29NO/c1-6-14(2)15-8-10-16(11-9-15)19-13-7-12-18-17(3,4)5/h8-11,14,18H,6-7,12-13H2,1-5H3. The van der Waals surface area contributed by atoms with Crippen LogP contribution in [0.5, 0.6) is 5.75 Å². The van der Waals surface area contributed by atoms with Gasteiger partial charge in [-0.3, -0.25) is 0 Å². The van der Waals surface area contributed by atoms with Gasteiger partial charge in [0.05, 0.1) is 6.61 Å². The van der Waals surface area contributed by atoms with Gasteiger partial charge in [0.2, 0.25) is 0 Å². The molecule has 1 N–H and O–H groups in total. The van der Waals surface area contributed by atoms with Crippen molar-refractivity contribution in [2.45, 2.75) is 58.9 Å². The molecule has 2 nitrogen and oxygen atoms in total. The Labute approximate surface area is 118 Å². The van der Waals surface area contributed by atoms with Crippen LogP contribution in [0.4, 0.5) is 0 Å². The van der Waals surface area contributed by atoms with Crippen LogP contribution in [0.3, 0.4) is 0 Å². The van der Waals surface area contributed by atoms with Gasteiger partial charge < -0.3 is 10.1 Å². The fourth-order valence-corrected chi connectivity index (χ4v) is 1.85. The van der Waals surface area contributed by atoms with Crippen molar-refractivity contribution in [3.8, 4) is 5.75 Å². The minimum Gasteiger partial charge on any atom is -0.494 e. The van der Waals surface area contributed by atoms with E-state index in [1.165, 1.54) is 12.0 Å². The summed E-state index contributed by atoms with van der Waals surface area (Å²) in [5.41, 5.74) is 1.59. The zero-order valence-electron chi connectivity index (χ0n) is 13.1. The lowest BCUT2D eigenvalue weighted by Crippen LogP contribution is -2.36. The predicted octanol–water partition coefficient (Wildman–Crippen LogP) is 4.36. The molecule has 0 saturated carbocycles. The van der Waals surface area contributed by atoms with Gasteiger partial charge in [-0.2, -0.15) is 0 Å². The van der Waals surface area contributed by atoms with Gasteiger partial charge in [0.15, 0.2) is 0 Å². The summed E-state index contributed by atoms with van der Waals surface area (Å²) < 4.78 is 5.75. The molecule has 0 aromatic heterocycles. The predicted molar refractivity (Wildman–Crippen MR) is 83.0 cm³/mol. The summed E-state index contributed by atoms with van der Waals surface area (Å²) in [6.45, 7) is 12.8. The third-order valence-electron chi connectivity index (χ3n) is 3.31. The normalized spacial score (nSPS) is 13.3. The van der Waals surface area contributed by atoms with E-state index in [0.717, 1.165) is 25.3 Å². The molecule has 0 aliphatic heterocycles. The minimum absolute atomic E-state index is 0.192. The first-order chi connectivity index (χ1) is 8.92. The van der Waals surface area contributed by atoms with E-state index in [2.05, 4.69) is 64.2 Å². The molecule has 0 aliphatic carbocycles. The number of hydrogen-bond acceptors (Lipinski definition) is 2. The van der Waals surface area contributed by atoms with Crippen LogP contribution in [0.15, 0.2) is 24.3 Å². The van der Waals surface area contributed by atoms with Gasteiger partial charge in [-0.1, -0.05) is 26.0 Å². The first-order valence-corrected chi connectivity index (χ1v) is 7.40. The van der Waals surface area contributed by atoms with Gasteiger partial charge in [-0.15, -0.1) is 0 Å². The van der Waals surface area contributed by atoms with Gasteiger partial charge in [-0.25, -0.2) is 0 Å². The van der Waals surface area contributed by atoms with E-state index in [1.54, 1.807) is 0 Å². The monoisotopic (exact) mass is 263 g/mol. The first kappa shape index (κ1) is 16.0. The lowest BCUT2D eigenvalue weighted by atomic mass is 9.99. The molecular formula is C17H29NO. The summed E-state index contributed by atoms with van der Waals surface area (Å²) in [7, 11) is 0. The number of rotatable bonds is 7. The molecule has 0 aliphatic rings. The Balaban J connectivity index is 2.27. The molecule has 0 saturated heterocycles. The third-order valence-corrected chi connectivity index (χ3v) is 3.31. The summed E-state index contributed by atoms with van der Waals surface area (Å²) in [6, 6.07) is 8.52. The average molecular weight is 263 g/mol. The van der Waals surface area contributed by atoms with E-state index < -0.39 is 0 Å². The van der Waals surface area contributed by atoms with Gasteiger partial charge in [0.1, 0.15) is 5.75 Å². The summed E-state index contributed by atoms with van der Waals surface area (Å²) in [5, 5.41) is 3.46. The topological polar surface area (TPSA) is 21.3 Å². The average Bonchev–Trinajstić information content (AvgIpc) is 2.37. The number of nitrogens with one attached hydrogen (secondary N) is 1. The van der Waals surface area contributed by atoms with Gasteiger partial charge in [0, 0.05) is 5.54 Å². The quantitative estimate of drug-likeness (QED) is 0.738. The molecule has 2 heteroatoms. The van der Waals surface area contributed by atoms with Crippen molar-refractivity contribution in [2.24, 2.45) is 0 Å². The summed E-state index contributed by atoms with van der Waals surface area (Å²) in [5.74, 6) is 1.60. The summed E-state index contributed by atoms with van der Waals surface area (Å²) in [6.07, 6.45) is 2.21. The summed E-state index contributed by atoms with van der Waals surface area (Å²) in [4.78, 5) is 0. The van der Waals surface area contributed by atoms with Crippen LogP contribution in [0.2, 0.25) is 0 Å². The van der Waals surface area contributed by atoms with E-state index in [4.69, 9.17) is 4.74 Å². The maximum atomic E-state index is 5.75. The minimum atomic E-state index is 0.192. The maximum Gasteiger partial charge on any atom is 0.119 e. The second-order valence-corrected chi connectivity index (χ2v) is 6.26. The van der Waals surface area contributed by atoms with Crippen LogP contribution >= 0.6 is 0 Å². The van der Waals surface area contributed by atoms with Crippen LogP contribution in [0.1, 0.15) is 58.9 Å². The molecule has 0 fully saturated rings. The summed E-state index contributed by atoms with van der Waals surface area (Å²) >= 11 is 0. The fourth-order valence-electron chi connectivity index (χ4n) is 1.85. The van der Waals surface area contributed by atoms with Crippen molar-refractivity contribution in [2.75, 3.05) is 13.2 Å². The lowest BCUT2D eigenvalue weighted by Gasteiger charge is -2.20. The van der Waals surface area contributed by atoms with Crippen molar-refractivity contribution < 1.29 is 4.74 Å². The number of hydrogen-bond donors (Lipinski definition) is 1. The highest BCUT2D eigenvalue weighted by atomic mass is 16.5. The molecule has 1 atom stereocenters. The molecule has 1 rings (SSSR count). The first-order valence-electron chi connectivity index (χ1n) is 7.40. The highest BCUT2D eigenvalue weighted by Gasteiger charge is 2.07. The highest BCUT2D eigenvalue weighted by molar-refractivity contribution is 5.29. The number of benzene rings is 1. The molecule has 0 radical (unpaired) electrons. The van der Waals surface area contributed by atoms with Crippen molar-refractivity contribution in [3.63, 3.8) is 0 Å². The van der Waals surface area contributed by atoms with E-state index >= 15 is 0 Å². The highest BCUT2D eigenvalue weighted by Crippen LogP contribution is 2.21. The van der Waals surface area contributed by atoms with E-state index in [0.29, 0.717) is 5.92 Å². The fraction of sp³-hybridized carbons (Fsp3) is 0.647. The third kappa shape index (κ3) is 6.63. The Morgan fingerprint density at radius 2 is 1.79 bits per heavy atom. The van der Waals surface area contributed by atoms with E-state index in [1.807, 2.05) is 0 Å². The van der Waals surface area contributed by atoms with Crippen LogP contribution in [-0.2, 0) is 0 Å². The Morgan fingerprint density at radius 1 is 1.16 bits per heavy atom. The molecule has 108 valence electrons. The second kappa shape index (κ2) is 7.54. The lowest BCUT2D eigenvalue weighted by molar-refractivity contribution is 0.298. The smallest absolute Gasteiger partial charge is 0.119 e. The molecule has 0 heterocycles. The molecule has 0 amide bonds. The largest absolute Gasteiger partial charge is 0.494 e. The second-order valence-electron chi connectivity index (χ2n) is 6.26. The van der Waals surface area contributed by atoms with Gasteiger partial charge in [0.25, 0.3) is 0 Å². The number of ether oxygens (including phenoxy) is 1. The van der Waals surface area contributed by atoms with Crippen molar-refractivity contribution in [3.05, 3.63) is 29.8 Å². The molecular weight excluding hydrogens is 234 g/mol. The maximum absolute atomic E-state index is 5.75. The molecule has 1 aromatic carbocycles. The van der Waals surface area contributed by atoms with Crippen molar-refractivity contribution >= 4 is 0 Å². The Hall–Kier alpha value is -1.02. The molecule has 0 spiro atoms. The molecule has 0 bridgehead atoms. The van der Waals surface area contributed by atoms with Crippen LogP contribution in [0, 0.1) is 0 Å². The molecule has 1 aromatic rings. The van der Waals surface area contributed by atoms with Crippen LogP contribution in [-0.4, -0.2) is 18.7 Å². The molecule has 19 heavy (non-hydrogen) atoms. The van der Waals surface area contributed by atoms with E-state index in [9.17, 15) is 0 Å². The molecule has 1 unspecified atom stereocenters. The zero-order valence-corrected chi connectivity index (χ0v) is 13.1. The Morgan fingerprint density at radius 3 is 2.32 bits per heavy atom. The van der Waals surface area contributed by atoms with Crippen LogP contribution < -0.4 is 10.1 Å². The van der Waals surface area contributed by atoms with Crippen molar-refractivity contribution in [1.29, 1.82) is 0 Å². The van der Waals surface area contributed by atoms with Crippen LogP contribution in [0.25, 0.3) is 0 Å². The SMILES string of the molecule is CCC(C)c1ccc(OCCCNC(C)(C)C)cc1. The zero-order chi connectivity index (χ0) is 14.3.